The molecule has 0 radical (unpaired) electrons. The largest absolute Gasteiger partial charge is 0.497 e. The second-order valence-corrected chi connectivity index (χ2v) is 7.04. The zero-order valence-electron chi connectivity index (χ0n) is 16.7. The molecule has 1 N–H and O–H groups in total. The van der Waals surface area contributed by atoms with Crippen molar-refractivity contribution in [3.05, 3.63) is 82.1 Å². The third kappa shape index (κ3) is 5.89. The number of amides is 1. The zero-order valence-corrected chi connectivity index (χ0v) is 18.3. The second-order valence-electron chi connectivity index (χ2n) is 6.12. The summed E-state index contributed by atoms with van der Waals surface area (Å²) in [5, 5.41) is 3.94. The minimum Gasteiger partial charge on any atom is -0.497 e. The maximum atomic E-state index is 12.4. The van der Waals surface area contributed by atoms with Crippen LogP contribution in [0, 0.1) is 0 Å². The topological polar surface area (TPSA) is 99.1 Å². The molecule has 0 aliphatic carbocycles. The van der Waals surface area contributed by atoms with Gasteiger partial charge in [0.25, 0.3) is 5.91 Å². The Kier molecular flexibility index (Phi) is 7.34. The van der Waals surface area contributed by atoms with Crippen LogP contribution >= 0.6 is 15.9 Å². The molecule has 8 nitrogen and oxygen atoms in total. The van der Waals surface area contributed by atoms with Crippen LogP contribution in [-0.2, 0) is 0 Å². The summed E-state index contributed by atoms with van der Waals surface area (Å²) < 4.78 is 16.6. The smallest absolute Gasteiger partial charge is 0.343 e. The molecule has 1 aromatic heterocycles. The molecule has 9 heteroatoms. The Morgan fingerprint density at radius 2 is 1.84 bits per heavy atom. The average Bonchev–Trinajstić information content (AvgIpc) is 2.79. The number of hydrogen-bond acceptors (Lipinski definition) is 7. The molecule has 0 saturated heterocycles. The van der Waals surface area contributed by atoms with E-state index in [2.05, 4.69) is 31.4 Å². The van der Waals surface area contributed by atoms with Crippen LogP contribution in [0.25, 0.3) is 0 Å². The number of hydrogen-bond donors (Lipinski definition) is 1. The maximum absolute atomic E-state index is 12.4. The molecule has 0 saturated carbocycles. The standard InChI is InChI=1S/C22H18BrN3O5/c1-29-18-5-3-4-15(10-18)22(28)31-19-7-6-14(8-20(19)30-2)11-25-26-21(27)16-9-17(23)13-24-12-16/h3-13H,1-2H3,(H,26,27). The molecule has 0 atom stereocenters. The number of rotatable bonds is 7. The lowest BCUT2D eigenvalue weighted by atomic mass is 10.2. The average molecular weight is 484 g/mol. The summed E-state index contributed by atoms with van der Waals surface area (Å²) in [6, 6.07) is 13.2. The van der Waals surface area contributed by atoms with E-state index < -0.39 is 11.9 Å². The van der Waals surface area contributed by atoms with Gasteiger partial charge in [-0.3, -0.25) is 9.78 Å². The van der Waals surface area contributed by atoms with Gasteiger partial charge in [0, 0.05) is 16.9 Å². The number of methoxy groups -OCH3 is 2. The number of nitrogens with one attached hydrogen (secondary N) is 1. The van der Waals surface area contributed by atoms with E-state index in [-0.39, 0.29) is 5.75 Å². The Labute approximate surface area is 187 Å². The molecule has 3 aromatic rings. The van der Waals surface area contributed by atoms with Crippen molar-refractivity contribution in [3.63, 3.8) is 0 Å². The van der Waals surface area contributed by atoms with E-state index in [0.29, 0.717) is 32.7 Å². The predicted molar refractivity (Wildman–Crippen MR) is 118 cm³/mol. The fourth-order valence-corrected chi connectivity index (χ4v) is 2.89. The summed E-state index contributed by atoms with van der Waals surface area (Å²) in [5.41, 5.74) is 3.76. The quantitative estimate of drug-likeness (QED) is 0.237. The maximum Gasteiger partial charge on any atom is 0.343 e. The van der Waals surface area contributed by atoms with Crippen molar-refractivity contribution in [2.45, 2.75) is 0 Å². The number of carbonyl (C=O) groups is 2. The Hall–Kier alpha value is -3.72. The molecule has 1 heterocycles. The van der Waals surface area contributed by atoms with Gasteiger partial charge in [-0.1, -0.05) is 6.07 Å². The first kappa shape index (κ1) is 22.0. The van der Waals surface area contributed by atoms with Gasteiger partial charge in [-0.15, -0.1) is 0 Å². The minimum absolute atomic E-state index is 0.247. The Balaban J connectivity index is 1.68. The normalized spacial score (nSPS) is 10.5. The molecular formula is C22H18BrN3O5. The first-order valence-corrected chi connectivity index (χ1v) is 9.77. The summed E-state index contributed by atoms with van der Waals surface area (Å²) in [4.78, 5) is 28.4. The van der Waals surface area contributed by atoms with Gasteiger partial charge in [0.2, 0.25) is 0 Å². The summed E-state index contributed by atoms with van der Waals surface area (Å²) in [6.45, 7) is 0. The van der Waals surface area contributed by atoms with Gasteiger partial charge in [0.1, 0.15) is 5.75 Å². The molecular weight excluding hydrogens is 466 g/mol. The van der Waals surface area contributed by atoms with Crippen LogP contribution in [0.1, 0.15) is 26.3 Å². The number of carbonyl (C=O) groups excluding carboxylic acids is 2. The van der Waals surface area contributed by atoms with Gasteiger partial charge >= 0.3 is 5.97 Å². The van der Waals surface area contributed by atoms with Gasteiger partial charge in [-0.25, -0.2) is 10.2 Å². The van der Waals surface area contributed by atoms with Crippen molar-refractivity contribution in [2.75, 3.05) is 14.2 Å². The molecule has 0 unspecified atom stereocenters. The summed E-state index contributed by atoms with van der Waals surface area (Å²) in [6.07, 6.45) is 4.46. The molecule has 0 aliphatic heterocycles. The van der Waals surface area contributed by atoms with Crippen molar-refractivity contribution < 1.29 is 23.8 Å². The van der Waals surface area contributed by atoms with Crippen LogP contribution in [0.3, 0.4) is 0 Å². The van der Waals surface area contributed by atoms with Crippen LogP contribution < -0.4 is 19.6 Å². The monoisotopic (exact) mass is 483 g/mol. The van der Waals surface area contributed by atoms with Crippen LogP contribution in [0.2, 0.25) is 0 Å². The predicted octanol–water partition coefficient (Wildman–Crippen LogP) is 3.84. The number of ether oxygens (including phenoxy) is 3. The van der Waals surface area contributed by atoms with Crippen molar-refractivity contribution in [1.82, 2.24) is 10.4 Å². The number of nitrogens with zero attached hydrogens (tertiary/aromatic N) is 2. The molecule has 31 heavy (non-hydrogen) atoms. The Morgan fingerprint density at radius 3 is 2.58 bits per heavy atom. The lowest BCUT2D eigenvalue weighted by Crippen LogP contribution is -2.17. The van der Waals surface area contributed by atoms with Crippen LogP contribution in [0.4, 0.5) is 0 Å². The summed E-state index contributed by atoms with van der Waals surface area (Å²) in [7, 11) is 2.98. The third-order valence-electron chi connectivity index (χ3n) is 4.04. The van der Waals surface area contributed by atoms with Crippen molar-refractivity contribution in [2.24, 2.45) is 5.10 Å². The molecule has 0 fully saturated rings. The van der Waals surface area contributed by atoms with Crippen molar-refractivity contribution in [3.8, 4) is 17.2 Å². The van der Waals surface area contributed by atoms with E-state index in [9.17, 15) is 9.59 Å². The lowest BCUT2D eigenvalue weighted by molar-refractivity contribution is 0.0729. The Morgan fingerprint density at radius 1 is 1.00 bits per heavy atom. The number of benzene rings is 2. The van der Waals surface area contributed by atoms with Gasteiger partial charge in [-0.2, -0.15) is 5.10 Å². The number of esters is 1. The highest BCUT2D eigenvalue weighted by Gasteiger charge is 2.13. The fourth-order valence-electron chi connectivity index (χ4n) is 2.52. The summed E-state index contributed by atoms with van der Waals surface area (Å²) in [5.74, 6) is 0.183. The van der Waals surface area contributed by atoms with Gasteiger partial charge < -0.3 is 14.2 Å². The number of aromatic nitrogens is 1. The first-order valence-electron chi connectivity index (χ1n) is 8.98. The fraction of sp³-hybridized carbons (Fsp3) is 0.0909. The van der Waals surface area contributed by atoms with E-state index >= 15 is 0 Å². The van der Waals surface area contributed by atoms with Crippen LogP contribution in [0.15, 0.2) is 70.5 Å². The molecule has 3 rings (SSSR count). The SMILES string of the molecule is COc1cccc(C(=O)Oc2ccc(C=NNC(=O)c3cncc(Br)c3)cc2OC)c1. The van der Waals surface area contributed by atoms with Crippen LogP contribution in [-0.4, -0.2) is 37.3 Å². The van der Waals surface area contributed by atoms with Crippen LogP contribution in [0.5, 0.6) is 17.2 Å². The molecule has 158 valence electrons. The minimum atomic E-state index is -0.548. The lowest BCUT2D eigenvalue weighted by Gasteiger charge is -2.10. The third-order valence-corrected chi connectivity index (χ3v) is 4.48. The molecule has 0 aliphatic rings. The number of pyridine rings is 1. The Bertz CT molecular complexity index is 1130. The highest BCUT2D eigenvalue weighted by Crippen LogP contribution is 2.28. The molecule has 0 spiro atoms. The van der Waals surface area contributed by atoms with Crippen molar-refractivity contribution >= 4 is 34.0 Å². The zero-order chi connectivity index (χ0) is 22.2. The van der Waals surface area contributed by atoms with Gasteiger partial charge in [0.15, 0.2) is 11.5 Å². The van der Waals surface area contributed by atoms with E-state index in [1.54, 1.807) is 54.7 Å². The first-order chi connectivity index (χ1) is 15.0. The molecule has 0 bridgehead atoms. The van der Waals surface area contributed by atoms with E-state index in [4.69, 9.17) is 14.2 Å². The summed E-state index contributed by atoms with van der Waals surface area (Å²) >= 11 is 3.26. The van der Waals surface area contributed by atoms with Gasteiger partial charge in [-0.05, 0) is 64.0 Å². The van der Waals surface area contributed by atoms with Gasteiger partial charge in [0.05, 0.1) is 31.6 Å². The second kappa shape index (κ2) is 10.4. The molecule has 2 aromatic carbocycles. The number of hydrazone groups is 1. The van der Waals surface area contributed by atoms with E-state index in [0.717, 1.165) is 0 Å². The highest BCUT2D eigenvalue weighted by atomic mass is 79.9. The van der Waals surface area contributed by atoms with E-state index in [1.165, 1.54) is 26.6 Å². The highest BCUT2D eigenvalue weighted by molar-refractivity contribution is 9.10. The van der Waals surface area contributed by atoms with Crippen molar-refractivity contribution in [1.29, 1.82) is 0 Å². The number of halogens is 1. The van der Waals surface area contributed by atoms with E-state index in [1.807, 2.05) is 0 Å². The molecule has 1 amide bonds.